The molecule has 1 N–H and O–H groups in total. The van der Waals surface area contributed by atoms with E-state index in [1.165, 1.54) is 4.90 Å². The summed E-state index contributed by atoms with van der Waals surface area (Å²) in [5.41, 5.74) is 2.86. The third kappa shape index (κ3) is 5.03. The van der Waals surface area contributed by atoms with Gasteiger partial charge in [0.25, 0.3) is 11.8 Å². The number of carbonyl (C=O) groups is 3. The number of amides is 3. The fourth-order valence-electron chi connectivity index (χ4n) is 3.95. The number of nitrogens with one attached hydrogen (secondary N) is 1. The lowest BCUT2D eigenvalue weighted by atomic mass is 10.0. The van der Waals surface area contributed by atoms with E-state index < -0.39 is 17.7 Å². The van der Waals surface area contributed by atoms with Gasteiger partial charge in [0.1, 0.15) is 5.60 Å². The number of imide groups is 1. The molecule has 0 radical (unpaired) electrons. The van der Waals surface area contributed by atoms with E-state index >= 15 is 0 Å². The number of fused-ring (bicyclic) bond motifs is 2. The number of rotatable bonds is 5. The molecule has 3 aromatic rings. The molecule has 1 aliphatic rings. The van der Waals surface area contributed by atoms with Gasteiger partial charge in [0.05, 0.1) is 29.2 Å². The number of aromatic nitrogens is 1. The summed E-state index contributed by atoms with van der Waals surface area (Å²) in [6.07, 6.45) is -0.182. The van der Waals surface area contributed by atoms with E-state index in [4.69, 9.17) is 4.74 Å². The minimum absolute atomic E-state index is 0.0375. The topological polar surface area (TPSA) is 88.6 Å². The van der Waals surface area contributed by atoms with E-state index in [-0.39, 0.29) is 18.4 Å². The van der Waals surface area contributed by atoms with Crippen molar-refractivity contribution in [3.8, 4) is 0 Å². The summed E-state index contributed by atoms with van der Waals surface area (Å²) in [7, 11) is 0. The minimum atomic E-state index is -0.670. The zero-order chi connectivity index (χ0) is 23.8. The van der Waals surface area contributed by atoms with Crippen molar-refractivity contribution in [1.29, 1.82) is 0 Å². The van der Waals surface area contributed by atoms with Crippen LogP contribution in [-0.2, 0) is 11.2 Å². The Bertz CT molecular complexity index is 1210. The van der Waals surface area contributed by atoms with Crippen LogP contribution in [-0.4, -0.2) is 46.0 Å². The molecule has 4 rings (SSSR count). The third-order valence-corrected chi connectivity index (χ3v) is 5.38. The molecule has 1 atom stereocenters. The molecule has 0 spiro atoms. The first-order valence-corrected chi connectivity index (χ1v) is 10.9. The summed E-state index contributed by atoms with van der Waals surface area (Å²) >= 11 is 0. The van der Waals surface area contributed by atoms with Gasteiger partial charge in [-0.1, -0.05) is 24.3 Å². The van der Waals surface area contributed by atoms with Gasteiger partial charge in [0.15, 0.2) is 0 Å². The molecule has 1 aromatic heterocycles. The lowest BCUT2D eigenvalue weighted by molar-refractivity contribution is 0.0468. The van der Waals surface area contributed by atoms with Crippen molar-refractivity contribution in [2.24, 2.45) is 0 Å². The lowest BCUT2D eigenvalue weighted by Crippen LogP contribution is -2.48. The van der Waals surface area contributed by atoms with E-state index in [1.807, 2.05) is 37.3 Å². The highest BCUT2D eigenvalue weighted by Gasteiger charge is 2.37. The molecular formula is C26H27N3O4. The number of nitrogens with zero attached hydrogens (tertiary/aromatic N) is 2. The normalized spacial score (nSPS) is 14.4. The number of ether oxygens (including phenoxy) is 1. The molecule has 2 heterocycles. The van der Waals surface area contributed by atoms with Gasteiger partial charge in [-0.15, -0.1) is 0 Å². The van der Waals surface area contributed by atoms with Gasteiger partial charge in [0.2, 0.25) is 0 Å². The SMILES string of the molecule is Cc1ccc2cc(C[C@@H](CN3C(=O)c4ccccc4C3=O)NC(=O)OC(C)(C)C)ccc2n1. The first kappa shape index (κ1) is 22.5. The number of hydrogen-bond acceptors (Lipinski definition) is 5. The van der Waals surface area contributed by atoms with E-state index in [0.29, 0.717) is 17.5 Å². The van der Waals surface area contributed by atoms with E-state index in [9.17, 15) is 14.4 Å². The maximum atomic E-state index is 12.9. The summed E-state index contributed by atoms with van der Waals surface area (Å²) in [6.45, 7) is 7.32. The van der Waals surface area contributed by atoms with E-state index in [2.05, 4.69) is 10.3 Å². The zero-order valence-corrected chi connectivity index (χ0v) is 19.2. The van der Waals surface area contributed by atoms with Gasteiger partial charge in [0, 0.05) is 11.1 Å². The van der Waals surface area contributed by atoms with Crippen LogP contribution in [0.2, 0.25) is 0 Å². The Balaban J connectivity index is 1.58. The highest BCUT2D eigenvalue weighted by molar-refractivity contribution is 6.21. The molecule has 7 nitrogen and oxygen atoms in total. The van der Waals surface area contributed by atoms with Crippen molar-refractivity contribution < 1.29 is 19.1 Å². The largest absolute Gasteiger partial charge is 0.444 e. The Kier molecular flexibility index (Phi) is 5.89. The second kappa shape index (κ2) is 8.65. The van der Waals surface area contributed by atoms with Crippen molar-refractivity contribution >= 4 is 28.8 Å². The first-order valence-electron chi connectivity index (χ1n) is 10.9. The molecule has 0 aliphatic carbocycles. The van der Waals surface area contributed by atoms with Crippen molar-refractivity contribution in [3.63, 3.8) is 0 Å². The standard InChI is InChI=1S/C26H27N3O4/c1-16-9-11-18-13-17(10-12-22(18)27-16)14-19(28-25(32)33-26(2,3)4)15-29-23(30)20-7-5-6-8-21(20)24(29)31/h5-13,19H,14-15H2,1-4H3,(H,28,32)/t19-/m0/s1. The van der Waals surface area contributed by atoms with Gasteiger partial charge in [-0.2, -0.15) is 0 Å². The van der Waals surface area contributed by atoms with Crippen LogP contribution in [0.25, 0.3) is 10.9 Å². The Hall–Kier alpha value is -3.74. The average Bonchev–Trinajstić information content (AvgIpc) is 2.97. The summed E-state index contributed by atoms with van der Waals surface area (Å²) in [6, 6.07) is 16.1. The predicted molar refractivity (Wildman–Crippen MR) is 125 cm³/mol. The summed E-state index contributed by atoms with van der Waals surface area (Å²) in [5, 5.41) is 3.83. The second-order valence-corrected chi connectivity index (χ2v) is 9.29. The smallest absolute Gasteiger partial charge is 0.407 e. The number of alkyl carbamates (subject to hydrolysis) is 1. The van der Waals surface area contributed by atoms with Crippen molar-refractivity contribution in [2.75, 3.05) is 6.54 Å². The lowest BCUT2D eigenvalue weighted by Gasteiger charge is -2.26. The maximum absolute atomic E-state index is 12.9. The van der Waals surface area contributed by atoms with Gasteiger partial charge in [-0.05, 0) is 70.0 Å². The van der Waals surface area contributed by atoms with Crippen LogP contribution >= 0.6 is 0 Å². The average molecular weight is 446 g/mol. The maximum Gasteiger partial charge on any atom is 0.407 e. The molecule has 7 heteroatoms. The van der Waals surface area contributed by atoms with Gasteiger partial charge in [-0.3, -0.25) is 19.5 Å². The highest BCUT2D eigenvalue weighted by atomic mass is 16.6. The van der Waals surface area contributed by atoms with Crippen LogP contribution in [0.5, 0.6) is 0 Å². The predicted octanol–water partition coefficient (Wildman–Crippen LogP) is 4.28. The molecule has 0 saturated heterocycles. The molecule has 0 saturated carbocycles. The Morgan fingerprint density at radius 2 is 1.70 bits per heavy atom. The number of aryl methyl sites for hydroxylation is 1. The second-order valence-electron chi connectivity index (χ2n) is 9.29. The van der Waals surface area contributed by atoms with Crippen LogP contribution in [0.4, 0.5) is 4.79 Å². The Labute approximate surface area is 192 Å². The van der Waals surface area contributed by atoms with Crippen LogP contribution in [0.15, 0.2) is 54.6 Å². The number of carbonyl (C=O) groups excluding carboxylic acids is 3. The Morgan fingerprint density at radius 3 is 2.33 bits per heavy atom. The third-order valence-electron chi connectivity index (χ3n) is 5.38. The van der Waals surface area contributed by atoms with Crippen molar-refractivity contribution in [2.45, 2.75) is 45.8 Å². The molecule has 0 bridgehead atoms. The van der Waals surface area contributed by atoms with Crippen LogP contribution < -0.4 is 5.32 Å². The summed E-state index contributed by atoms with van der Waals surface area (Å²) < 4.78 is 5.42. The van der Waals surface area contributed by atoms with Gasteiger partial charge >= 0.3 is 6.09 Å². The fourth-order valence-corrected chi connectivity index (χ4v) is 3.95. The molecular weight excluding hydrogens is 418 g/mol. The molecule has 0 fully saturated rings. The fraction of sp³-hybridized carbons (Fsp3) is 0.308. The molecule has 3 amide bonds. The molecule has 170 valence electrons. The zero-order valence-electron chi connectivity index (χ0n) is 19.2. The molecule has 1 aliphatic heterocycles. The molecule has 0 unspecified atom stereocenters. The van der Waals surface area contributed by atoms with Crippen LogP contribution in [0, 0.1) is 6.92 Å². The quantitative estimate of drug-likeness (QED) is 0.593. The Morgan fingerprint density at radius 1 is 1.03 bits per heavy atom. The molecule has 2 aromatic carbocycles. The first-order chi connectivity index (χ1) is 15.6. The van der Waals surface area contributed by atoms with E-state index in [1.54, 1.807) is 45.0 Å². The van der Waals surface area contributed by atoms with E-state index in [0.717, 1.165) is 22.2 Å². The van der Waals surface area contributed by atoms with Crippen LogP contribution in [0.3, 0.4) is 0 Å². The highest BCUT2D eigenvalue weighted by Crippen LogP contribution is 2.23. The summed E-state index contributed by atoms with van der Waals surface area (Å²) in [4.78, 5) is 44.0. The number of benzene rings is 2. The molecule has 33 heavy (non-hydrogen) atoms. The summed E-state index contributed by atoms with van der Waals surface area (Å²) in [5.74, 6) is -0.713. The van der Waals surface area contributed by atoms with Gasteiger partial charge in [-0.25, -0.2) is 4.79 Å². The van der Waals surface area contributed by atoms with Crippen LogP contribution in [0.1, 0.15) is 52.7 Å². The number of pyridine rings is 1. The van der Waals surface area contributed by atoms with Crippen molar-refractivity contribution in [3.05, 3.63) is 77.0 Å². The number of hydrogen-bond donors (Lipinski definition) is 1. The van der Waals surface area contributed by atoms with Gasteiger partial charge < -0.3 is 10.1 Å². The van der Waals surface area contributed by atoms with Crippen molar-refractivity contribution in [1.82, 2.24) is 15.2 Å². The minimum Gasteiger partial charge on any atom is -0.444 e. The monoisotopic (exact) mass is 445 g/mol.